The fourth-order valence-electron chi connectivity index (χ4n) is 6.45. The second-order valence-electron chi connectivity index (χ2n) is 11.7. The van der Waals surface area contributed by atoms with Crippen molar-refractivity contribution in [3.05, 3.63) is 191 Å². The molecule has 0 saturated heterocycles. The van der Waals surface area contributed by atoms with E-state index in [0.717, 1.165) is 43.1 Å². The van der Waals surface area contributed by atoms with Crippen LogP contribution in [-0.2, 0) is 0 Å². The van der Waals surface area contributed by atoms with Gasteiger partial charge in [0, 0.05) is 42.5 Å². The molecule has 0 heterocycles. The van der Waals surface area contributed by atoms with Crippen LogP contribution in [0.25, 0.3) is 32.7 Å². The van der Waals surface area contributed by atoms with Gasteiger partial charge in [0.2, 0.25) is 0 Å². The zero-order valence-corrected chi connectivity index (χ0v) is 29.1. The first kappa shape index (κ1) is 30.2. The maximum atomic E-state index is 3.61. The van der Waals surface area contributed by atoms with Gasteiger partial charge in [-0.3, -0.25) is 0 Å². The van der Waals surface area contributed by atoms with Crippen LogP contribution in [0.1, 0.15) is 0 Å². The fraction of sp³-hybridized carbons (Fsp3) is 0. The quantitative estimate of drug-likeness (QED) is 0.160. The van der Waals surface area contributed by atoms with Crippen molar-refractivity contribution in [2.24, 2.45) is 0 Å². The van der Waals surface area contributed by atoms with Gasteiger partial charge in [0.1, 0.15) is 0 Å². The third-order valence-electron chi connectivity index (χ3n) is 8.77. The number of hydrogen-bond acceptors (Lipinski definition) is 2. The average molecular weight is 747 g/mol. The number of fused-ring (bicyclic) bond motifs is 2. The maximum Gasteiger partial charge on any atom is 0.0540 e. The first-order valence-corrected chi connectivity index (χ1v) is 17.5. The number of nitrogens with zero attached hydrogens (tertiary/aromatic N) is 2. The molecule has 0 amide bonds. The number of hydrogen-bond donors (Lipinski definition) is 0. The summed E-state index contributed by atoms with van der Waals surface area (Å²) < 4.78 is 2.11. The Labute approximate surface area is 297 Å². The summed E-state index contributed by atoms with van der Waals surface area (Å²) in [5.41, 5.74) is 9.04. The number of halogens is 2. The van der Waals surface area contributed by atoms with Gasteiger partial charge in [-0.05, 0) is 107 Å². The molecular formula is C44H30Br2N2. The van der Waals surface area contributed by atoms with E-state index in [2.05, 4.69) is 224 Å². The average Bonchev–Trinajstić information content (AvgIpc) is 3.14. The fourth-order valence-corrected chi connectivity index (χ4v) is 6.98. The zero-order valence-electron chi connectivity index (χ0n) is 26.0. The predicted molar refractivity (Wildman–Crippen MR) is 212 cm³/mol. The summed E-state index contributed by atoms with van der Waals surface area (Å²) in [4.78, 5) is 4.67. The van der Waals surface area contributed by atoms with Crippen LogP contribution in [0.5, 0.6) is 0 Å². The summed E-state index contributed by atoms with van der Waals surface area (Å²) in [6, 6.07) is 64.9. The molecule has 8 aromatic rings. The summed E-state index contributed by atoms with van der Waals surface area (Å²) in [6.45, 7) is 0. The molecule has 0 saturated carbocycles. The largest absolute Gasteiger partial charge is 0.310 e. The zero-order chi connectivity index (χ0) is 32.5. The Hall–Kier alpha value is -5.16. The smallest absolute Gasteiger partial charge is 0.0540 e. The van der Waals surface area contributed by atoms with E-state index in [-0.39, 0.29) is 0 Å². The normalized spacial score (nSPS) is 11.1. The highest BCUT2D eigenvalue weighted by molar-refractivity contribution is 9.10. The number of benzene rings is 8. The van der Waals surface area contributed by atoms with Gasteiger partial charge in [-0.2, -0.15) is 0 Å². The standard InChI is InChI=1S/C44H30Br2N2/c45-35-19-27-39(28-20-35)47(43-13-5-9-33-7-1-3-11-41(33)43)37-23-15-31(16-24-37)32-17-25-38(26-18-32)48(40-29-21-36(46)22-30-40)44-14-6-10-34-8-2-4-12-42(34)44/h1-30H. The van der Waals surface area contributed by atoms with Crippen LogP contribution in [0, 0.1) is 0 Å². The second-order valence-corrected chi connectivity index (χ2v) is 13.5. The molecule has 0 aliphatic carbocycles. The van der Waals surface area contributed by atoms with Gasteiger partial charge in [-0.1, -0.05) is 129 Å². The van der Waals surface area contributed by atoms with Gasteiger partial charge in [-0.15, -0.1) is 0 Å². The molecule has 0 spiro atoms. The minimum absolute atomic E-state index is 1.06. The lowest BCUT2D eigenvalue weighted by molar-refractivity contribution is 1.29. The third kappa shape index (κ3) is 5.90. The summed E-state index contributed by atoms with van der Waals surface area (Å²) in [5.74, 6) is 0. The van der Waals surface area contributed by atoms with E-state index in [1.165, 1.54) is 32.7 Å². The Morgan fingerprint density at radius 2 is 0.604 bits per heavy atom. The number of anilines is 6. The van der Waals surface area contributed by atoms with Crippen molar-refractivity contribution in [1.29, 1.82) is 0 Å². The van der Waals surface area contributed by atoms with Crippen LogP contribution in [0.2, 0.25) is 0 Å². The highest BCUT2D eigenvalue weighted by Crippen LogP contribution is 2.42. The molecule has 8 rings (SSSR count). The van der Waals surface area contributed by atoms with Crippen LogP contribution in [0.4, 0.5) is 34.1 Å². The first-order valence-electron chi connectivity index (χ1n) is 15.9. The first-order chi connectivity index (χ1) is 23.6. The van der Waals surface area contributed by atoms with E-state index < -0.39 is 0 Å². The number of rotatable bonds is 7. The molecule has 0 fully saturated rings. The Morgan fingerprint density at radius 1 is 0.292 bits per heavy atom. The molecule has 4 heteroatoms. The van der Waals surface area contributed by atoms with Gasteiger partial charge in [0.05, 0.1) is 11.4 Å². The summed E-state index contributed by atoms with van der Waals surface area (Å²) in [7, 11) is 0. The SMILES string of the molecule is Brc1ccc(N(c2ccc(-c3ccc(N(c4ccc(Br)cc4)c4cccc5ccccc45)cc3)cc2)c2cccc3ccccc23)cc1. The van der Waals surface area contributed by atoms with Crippen molar-refractivity contribution in [2.45, 2.75) is 0 Å². The van der Waals surface area contributed by atoms with Crippen LogP contribution >= 0.6 is 31.9 Å². The summed E-state index contributed by atoms with van der Waals surface area (Å²) in [5, 5.41) is 4.86. The Balaban J connectivity index is 1.16. The van der Waals surface area contributed by atoms with Crippen molar-refractivity contribution in [3.63, 3.8) is 0 Å². The third-order valence-corrected chi connectivity index (χ3v) is 9.83. The highest BCUT2D eigenvalue weighted by Gasteiger charge is 2.17. The van der Waals surface area contributed by atoms with Gasteiger partial charge < -0.3 is 9.80 Å². The van der Waals surface area contributed by atoms with Crippen LogP contribution in [0.3, 0.4) is 0 Å². The Kier molecular flexibility index (Phi) is 8.27. The molecular weight excluding hydrogens is 716 g/mol. The molecule has 0 aromatic heterocycles. The van der Waals surface area contributed by atoms with E-state index in [9.17, 15) is 0 Å². The molecule has 0 aliphatic heterocycles. The predicted octanol–water partition coefficient (Wildman–Crippen LogP) is 14.1. The topological polar surface area (TPSA) is 6.48 Å². The molecule has 0 N–H and O–H groups in total. The van der Waals surface area contributed by atoms with Crippen molar-refractivity contribution < 1.29 is 0 Å². The second kappa shape index (κ2) is 13.2. The van der Waals surface area contributed by atoms with Crippen molar-refractivity contribution >= 4 is 87.5 Å². The molecule has 0 unspecified atom stereocenters. The minimum Gasteiger partial charge on any atom is -0.310 e. The highest BCUT2D eigenvalue weighted by atomic mass is 79.9. The molecule has 8 aromatic carbocycles. The minimum atomic E-state index is 1.06. The van der Waals surface area contributed by atoms with Crippen LogP contribution in [0.15, 0.2) is 191 Å². The molecule has 2 nitrogen and oxygen atoms in total. The van der Waals surface area contributed by atoms with E-state index in [4.69, 9.17) is 0 Å². The van der Waals surface area contributed by atoms with Gasteiger partial charge in [0.15, 0.2) is 0 Å². The summed E-state index contributed by atoms with van der Waals surface area (Å²) >= 11 is 7.22. The lowest BCUT2D eigenvalue weighted by Gasteiger charge is -2.27. The van der Waals surface area contributed by atoms with Gasteiger partial charge in [0.25, 0.3) is 0 Å². The molecule has 48 heavy (non-hydrogen) atoms. The van der Waals surface area contributed by atoms with Crippen LogP contribution < -0.4 is 9.80 Å². The van der Waals surface area contributed by atoms with Crippen molar-refractivity contribution in [1.82, 2.24) is 0 Å². The monoisotopic (exact) mass is 744 g/mol. The van der Waals surface area contributed by atoms with Gasteiger partial charge >= 0.3 is 0 Å². The van der Waals surface area contributed by atoms with Crippen molar-refractivity contribution in [2.75, 3.05) is 9.80 Å². The lowest BCUT2D eigenvalue weighted by atomic mass is 10.0. The molecule has 0 bridgehead atoms. The molecule has 0 aliphatic rings. The Morgan fingerprint density at radius 3 is 0.979 bits per heavy atom. The molecule has 0 atom stereocenters. The van der Waals surface area contributed by atoms with Crippen molar-refractivity contribution in [3.8, 4) is 11.1 Å². The molecule has 0 radical (unpaired) electrons. The van der Waals surface area contributed by atoms with E-state index in [1.807, 2.05) is 0 Å². The van der Waals surface area contributed by atoms with E-state index >= 15 is 0 Å². The van der Waals surface area contributed by atoms with E-state index in [1.54, 1.807) is 0 Å². The van der Waals surface area contributed by atoms with E-state index in [0.29, 0.717) is 0 Å². The maximum absolute atomic E-state index is 3.61. The Bertz CT molecular complexity index is 2170. The lowest BCUT2D eigenvalue weighted by Crippen LogP contribution is -2.10. The van der Waals surface area contributed by atoms with Crippen LogP contribution in [-0.4, -0.2) is 0 Å². The molecule has 230 valence electrons. The summed E-state index contributed by atoms with van der Waals surface area (Å²) in [6.07, 6.45) is 0. The van der Waals surface area contributed by atoms with Gasteiger partial charge in [-0.25, -0.2) is 0 Å².